The number of hydrogen-bond acceptors (Lipinski definition) is 4. The molecule has 0 radical (unpaired) electrons. The van der Waals surface area contributed by atoms with Gasteiger partial charge in [0.15, 0.2) is 18.1 Å². The second kappa shape index (κ2) is 5.09. The van der Waals surface area contributed by atoms with Gasteiger partial charge in [-0.25, -0.2) is 0 Å². The average molecular weight is 211 g/mol. The van der Waals surface area contributed by atoms with Crippen molar-refractivity contribution in [1.82, 2.24) is 0 Å². The van der Waals surface area contributed by atoms with Crippen LogP contribution in [0.4, 0.5) is 0 Å². The van der Waals surface area contributed by atoms with Crippen molar-refractivity contribution in [2.45, 2.75) is 0 Å². The summed E-state index contributed by atoms with van der Waals surface area (Å²) in [4.78, 5) is 10.5. The molecule has 1 aromatic carbocycles. The van der Waals surface area contributed by atoms with Gasteiger partial charge in [-0.15, -0.1) is 0 Å². The van der Waals surface area contributed by atoms with E-state index in [2.05, 4.69) is 0 Å². The van der Waals surface area contributed by atoms with E-state index < -0.39 is 5.91 Å². The molecule has 0 aliphatic heterocycles. The molecule has 1 rings (SSSR count). The van der Waals surface area contributed by atoms with Crippen molar-refractivity contribution < 1.29 is 19.0 Å². The summed E-state index contributed by atoms with van der Waals surface area (Å²) in [6, 6.07) is 4.99. The summed E-state index contributed by atoms with van der Waals surface area (Å²) in [5.74, 6) is 1.12. The Bertz CT molecular complexity index is 351. The Morgan fingerprint density at radius 1 is 1.27 bits per heavy atom. The third-order valence-electron chi connectivity index (χ3n) is 1.74. The summed E-state index contributed by atoms with van der Waals surface area (Å²) < 4.78 is 15.2. The number of carbonyl (C=O) groups is 1. The zero-order valence-electron chi connectivity index (χ0n) is 8.65. The van der Waals surface area contributed by atoms with Crippen LogP contribution in [0, 0.1) is 0 Å². The predicted molar refractivity (Wildman–Crippen MR) is 54.2 cm³/mol. The molecule has 1 aromatic rings. The standard InChI is InChI=1S/C10H13NO4/c1-13-8-4-3-7(5-9(8)14-2)15-6-10(11)12/h3-5H,6H2,1-2H3,(H2,11,12). The van der Waals surface area contributed by atoms with Gasteiger partial charge in [-0.2, -0.15) is 0 Å². The minimum absolute atomic E-state index is 0.157. The zero-order valence-corrected chi connectivity index (χ0v) is 8.65. The molecule has 0 saturated carbocycles. The van der Waals surface area contributed by atoms with Crippen LogP contribution in [0.2, 0.25) is 0 Å². The minimum Gasteiger partial charge on any atom is -0.493 e. The van der Waals surface area contributed by atoms with E-state index in [9.17, 15) is 4.79 Å². The first-order valence-electron chi connectivity index (χ1n) is 4.30. The summed E-state index contributed by atoms with van der Waals surface area (Å²) in [7, 11) is 3.07. The monoisotopic (exact) mass is 211 g/mol. The lowest BCUT2D eigenvalue weighted by Crippen LogP contribution is -2.20. The van der Waals surface area contributed by atoms with Crippen LogP contribution in [0.5, 0.6) is 17.2 Å². The predicted octanol–water partition coefficient (Wildman–Crippen LogP) is 0.568. The molecule has 0 unspecified atom stereocenters. The molecule has 5 heteroatoms. The van der Waals surface area contributed by atoms with Crippen LogP contribution < -0.4 is 19.9 Å². The van der Waals surface area contributed by atoms with Crippen molar-refractivity contribution in [3.63, 3.8) is 0 Å². The number of rotatable bonds is 5. The molecule has 0 bridgehead atoms. The molecule has 0 aromatic heterocycles. The Kier molecular flexibility index (Phi) is 3.79. The Labute approximate surface area is 87.7 Å². The minimum atomic E-state index is -0.523. The van der Waals surface area contributed by atoms with Crippen LogP contribution in [0.3, 0.4) is 0 Å². The fraction of sp³-hybridized carbons (Fsp3) is 0.300. The van der Waals surface area contributed by atoms with E-state index >= 15 is 0 Å². The molecular formula is C10H13NO4. The van der Waals surface area contributed by atoms with Crippen LogP contribution in [0.15, 0.2) is 18.2 Å². The molecule has 5 nitrogen and oxygen atoms in total. The van der Waals surface area contributed by atoms with E-state index in [1.807, 2.05) is 0 Å². The second-order valence-corrected chi connectivity index (χ2v) is 2.77. The number of methoxy groups -OCH3 is 2. The molecule has 0 spiro atoms. The fourth-order valence-electron chi connectivity index (χ4n) is 1.06. The topological polar surface area (TPSA) is 70.8 Å². The van der Waals surface area contributed by atoms with E-state index in [0.29, 0.717) is 17.2 Å². The lowest BCUT2D eigenvalue weighted by molar-refractivity contribution is -0.119. The van der Waals surface area contributed by atoms with Gasteiger partial charge in [-0.05, 0) is 12.1 Å². The molecule has 2 N–H and O–H groups in total. The molecule has 0 aliphatic rings. The number of hydrogen-bond donors (Lipinski definition) is 1. The molecule has 15 heavy (non-hydrogen) atoms. The van der Waals surface area contributed by atoms with Gasteiger partial charge in [0, 0.05) is 6.07 Å². The van der Waals surface area contributed by atoms with Crippen LogP contribution in [-0.4, -0.2) is 26.7 Å². The first-order valence-corrected chi connectivity index (χ1v) is 4.30. The highest BCUT2D eigenvalue weighted by Gasteiger charge is 2.05. The van der Waals surface area contributed by atoms with Gasteiger partial charge in [0.2, 0.25) is 0 Å². The maximum Gasteiger partial charge on any atom is 0.255 e. The Morgan fingerprint density at radius 3 is 2.47 bits per heavy atom. The first-order chi connectivity index (χ1) is 7.17. The summed E-state index contributed by atoms with van der Waals surface area (Å²) >= 11 is 0. The van der Waals surface area contributed by atoms with Gasteiger partial charge in [0.05, 0.1) is 14.2 Å². The molecule has 0 aliphatic carbocycles. The van der Waals surface area contributed by atoms with Crippen LogP contribution >= 0.6 is 0 Å². The second-order valence-electron chi connectivity index (χ2n) is 2.77. The highest BCUT2D eigenvalue weighted by Crippen LogP contribution is 2.30. The van der Waals surface area contributed by atoms with E-state index in [-0.39, 0.29) is 6.61 Å². The molecule has 0 saturated heterocycles. The molecule has 0 heterocycles. The number of primary amides is 1. The van der Waals surface area contributed by atoms with Crippen molar-refractivity contribution >= 4 is 5.91 Å². The lowest BCUT2D eigenvalue weighted by Gasteiger charge is -2.09. The van der Waals surface area contributed by atoms with Gasteiger partial charge >= 0.3 is 0 Å². The highest BCUT2D eigenvalue weighted by molar-refractivity contribution is 5.75. The number of nitrogens with two attached hydrogens (primary N) is 1. The van der Waals surface area contributed by atoms with Crippen LogP contribution in [0.1, 0.15) is 0 Å². The van der Waals surface area contributed by atoms with E-state index in [4.69, 9.17) is 19.9 Å². The first kappa shape index (κ1) is 11.2. The third kappa shape index (κ3) is 3.05. The van der Waals surface area contributed by atoms with E-state index in [1.54, 1.807) is 25.3 Å². The molecule has 0 atom stereocenters. The Balaban J connectivity index is 2.78. The maximum absolute atomic E-state index is 10.5. The Hall–Kier alpha value is -1.91. The van der Waals surface area contributed by atoms with Crippen molar-refractivity contribution in [3.8, 4) is 17.2 Å². The van der Waals surface area contributed by atoms with Crippen molar-refractivity contribution in [1.29, 1.82) is 0 Å². The van der Waals surface area contributed by atoms with Crippen LogP contribution in [0.25, 0.3) is 0 Å². The lowest BCUT2D eigenvalue weighted by atomic mass is 10.3. The molecule has 1 amide bonds. The number of ether oxygens (including phenoxy) is 3. The average Bonchev–Trinajstić information content (AvgIpc) is 2.25. The summed E-state index contributed by atoms with van der Waals surface area (Å²) in [6.07, 6.45) is 0. The van der Waals surface area contributed by atoms with Gasteiger partial charge in [0.1, 0.15) is 5.75 Å². The van der Waals surface area contributed by atoms with Crippen molar-refractivity contribution in [2.75, 3.05) is 20.8 Å². The highest BCUT2D eigenvalue weighted by atomic mass is 16.5. The molecular weight excluding hydrogens is 198 g/mol. The number of carbonyl (C=O) groups excluding carboxylic acids is 1. The third-order valence-corrected chi connectivity index (χ3v) is 1.74. The zero-order chi connectivity index (χ0) is 11.3. The molecule has 82 valence electrons. The summed E-state index contributed by atoms with van der Waals surface area (Å²) in [5, 5.41) is 0. The molecule has 0 fully saturated rings. The van der Waals surface area contributed by atoms with Crippen molar-refractivity contribution in [2.24, 2.45) is 5.73 Å². The number of amides is 1. The summed E-state index contributed by atoms with van der Waals surface area (Å²) in [6.45, 7) is -0.157. The van der Waals surface area contributed by atoms with Crippen LogP contribution in [-0.2, 0) is 4.79 Å². The van der Waals surface area contributed by atoms with E-state index in [0.717, 1.165) is 0 Å². The van der Waals surface area contributed by atoms with Gasteiger partial charge in [-0.1, -0.05) is 0 Å². The normalized spacial score (nSPS) is 9.47. The summed E-state index contributed by atoms with van der Waals surface area (Å²) in [5.41, 5.74) is 4.95. The van der Waals surface area contributed by atoms with E-state index in [1.165, 1.54) is 7.11 Å². The fourth-order valence-corrected chi connectivity index (χ4v) is 1.06. The SMILES string of the molecule is COc1ccc(OCC(N)=O)cc1OC. The smallest absolute Gasteiger partial charge is 0.255 e. The Morgan fingerprint density at radius 2 is 1.93 bits per heavy atom. The maximum atomic E-state index is 10.5. The van der Waals surface area contributed by atoms with Gasteiger partial charge in [0.25, 0.3) is 5.91 Å². The quantitative estimate of drug-likeness (QED) is 0.772. The van der Waals surface area contributed by atoms with Crippen molar-refractivity contribution in [3.05, 3.63) is 18.2 Å². The number of benzene rings is 1. The van der Waals surface area contributed by atoms with Gasteiger partial charge < -0.3 is 19.9 Å². The van der Waals surface area contributed by atoms with Gasteiger partial charge in [-0.3, -0.25) is 4.79 Å². The largest absolute Gasteiger partial charge is 0.493 e.